The van der Waals surface area contributed by atoms with Gasteiger partial charge in [-0.05, 0) is 0 Å². The van der Waals surface area contributed by atoms with Crippen molar-refractivity contribution in [1.29, 1.82) is 0 Å². The minimum absolute atomic E-state index is 0. The van der Waals surface area contributed by atoms with Gasteiger partial charge in [-0.1, -0.05) is 0 Å². The molecule has 0 aromatic carbocycles. The molecule has 0 N–H and O–H groups in total. The van der Waals surface area contributed by atoms with Crippen molar-refractivity contribution in [3.05, 3.63) is 20.3 Å². The van der Waals surface area contributed by atoms with Gasteiger partial charge >= 0.3 is 0 Å². The van der Waals surface area contributed by atoms with Gasteiger partial charge < -0.3 is 20.3 Å². The van der Waals surface area contributed by atoms with Crippen molar-refractivity contribution in [3.8, 4) is 0 Å². The summed E-state index contributed by atoms with van der Waals surface area (Å²) in [5.41, 5.74) is 0. The van der Waals surface area contributed by atoms with Crippen LogP contribution >= 0.6 is 0 Å². The second-order valence-corrected chi connectivity index (χ2v) is 1.50. The van der Waals surface area contributed by atoms with E-state index in [1.165, 1.54) is 5.92 Å². The Hall–Kier alpha value is 1.38. The van der Waals surface area contributed by atoms with Gasteiger partial charge in [-0.3, -0.25) is 0 Å². The summed E-state index contributed by atoms with van der Waals surface area (Å²) < 4.78 is 0. The van der Waals surface area contributed by atoms with Crippen LogP contribution in [0.25, 0.3) is 0 Å². The maximum absolute atomic E-state index is 3.25. The molecular weight excluding hydrogens is 452 g/mol. The van der Waals surface area contributed by atoms with E-state index >= 15 is 0 Å². The summed E-state index contributed by atoms with van der Waals surface area (Å²) in [6.07, 6.45) is 0. The summed E-state index contributed by atoms with van der Waals surface area (Å²) in [5, 5.41) is 0. The number of hydrogen-bond acceptors (Lipinski definition) is 0. The normalized spacial score (nSPS) is 4.67. The molecule has 0 rings (SSSR count). The molecule has 9 heavy (non-hydrogen) atoms. The topological polar surface area (TPSA) is 0 Å². The zero-order valence-electron chi connectivity index (χ0n) is 7.02. The summed E-state index contributed by atoms with van der Waals surface area (Å²) in [5.74, 6) is 1.42. The van der Waals surface area contributed by atoms with E-state index in [4.69, 9.17) is 0 Å². The fourth-order valence-electron chi connectivity index (χ4n) is 0. The first-order valence-corrected chi connectivity index (χ1v) is 2.21. The average Bonchev–Trinajstić information content (AvgIpc) is 1.41. The molecule has 0 amide bonds. The standard InChI is InChI=1S/C4H9.C2H5.CH3.2W/c1-4(2)3;1-2;;;/h1-3H3;1H2,2H3;1H3;;/q3*-1;;. The van der Waals surface area contributed by atoms with Gasteiger partial charge in [0.05, 0.1) is 0 Å². The van der Waals surface area contributed by atoms with Gasteiger partial charge in [0.1, 0.15) is 0 Å². The Kier molecular flexibility index (Phi) is 120. The molecule has 0 fully saturated rings. The van der Waals surface area contributed by atoms with Gasteiger partial charge in [0.2, 0.25) is 0 Å². The summed E-state index contributed by atoms with van der Waals surface area (Å²) in [6.45, 7) is 11.2. The molecule has 0 saturated heterocycles. The summed E-state index contributed by atoms with van der Waals surface area (Å²) in [6, 6.07) is 0. The van der Waals surface area contributed by atoms with Crippen LogP contribution in [0.4, 0.5) is 0 Å². The minimum atomic E-state index is 0. The first kappa shape index (κ1) is 31.6. The Morgan fingerprint density at radius 1 is 0.889 bits per heavy atom. The monoisotopic (exact) mass is 469 g/mol. The molecule has 0 aromatic rings. The maximum atomic E-state index is 3.25. The SMILES string of the molecule is C[C-](C)C.[CH2-]C.[CH3-].[W].[W]. The van der Waals surface area contributed by atoms with Gasteiger partial charge in [-0.2, -0.15) is 27.7 Å². The Balaban J connectivity index is -0.00000000990. The maximum Gasteiger partial charge on any atom is 0 e. The van der Waals surface area contributed by atoms with Crippen LogP contribution in [-0.4, -0.2) is 0 Å². The van der Waals surface area contributed by atoms with Crippen molar-refractivity contribution in [2.45, 2.75) is 27.7 Å². The molecule has 0 spiro atoms. The van der Waals surface area contributed by atoms with Crippen molar-refractivity contribution in [3.63, 3.8) is 0 Å². The zero-order chi connectivity index (χ0) is 5.58. The first-order valence-electron chi connectivity index (χ1n) is 2.21. The molecule has 0 nitrogen and oxygen atoms in total. The molecule has 0 atom stereocenters. The second-order valence-electron chi connectivity index (χ2n) is 1.50. The largest absolute Gasteiger partial charge is 0.358 e. The van der Waals surface area contributed by atoms with Crippen molar-refractivity contribution in [1.82, 2.24) is 0 Å². The number of hydrogen-bond donors (Lipinski definition) is 0. The van der Waals surface area contributed by atoms with Crippen LogP contribution in [0, 0.1) is 20.3 Å². The van der Waals surface area contributed by atoms with Crippen molar-refractivity contribution < 1.29 is 42.1 Å². The third-order valence-corrected chi connectivity index (χ3v) is 0. The molecule has 0 radical (unpaired) electrons. The van der Waals surface area contributed by atoms with E-state index in [2.05, 4.69) is 27.7 Å². The quantitative estimate of drug-likeness (QED) is 0.480. The van der Waals surface area contributed by atoms with E-state index in [1.807, 2.05) is 0 Å². The molecule has 2 heteroatoms. The van der Waals surface area contributed by atoms with Crippen LogP contribution in [-0.2, 0) is 42.1 Å². The van der Waals surface area contributed by atoms with E-state index in [-0.39, 0.29) is 49.6 Å². The Labute approximate surface area is 89.7 Å². The predicted octanol–water partition coefficient (Wildman–Crippen LogP) is 2.91. The van der Waals surface area contributed by atoms with Crippen LogP contribution in [0.5, 0.6) is 0 Å². The Morgan fingerprint density at radius 3 is 0.889 bits per heavy atom. The molecule has 0 heterocycles. The molecule has 0 saturated carbocycles. The van der Waals surface area contributed by atoms with E-state index in [0.717, 1.165) is 0 Å². The van der Waals surface area contributed by atoms with E-state index in [9.17, 15) is 0 Å². The fraction of sp³-hybridized carbons (Fsp3) is 0.571. The van der Waals surface area contributed by atoms with Crippen LogP contribution in [0.15, 0.2) is 0 Å². The van der Waals surface area contributed by atoms with E-state index in [0.29, 0.717) is 0 Å². The molecule has 0 bridgehead atoms. The molecular formula is C7H17W2-3. The predicted molar refractivity (Wildman–Crippen MR) is 37.7 cm³/mol. The third kappa shape index (κ3) is 269. The first-order chi connectivity index (χ1) is 2.73. The molecule has 0 aromatic heterocycles. The summed E-state index contributed by atoms with van der Waals surface area (Å²) in [4.78, 5) is 0. The summed E-state index contributed by atoms with van der Waals surface area (Å²) >= 11 is 0. The third-order valence-electron chi connectivity index (χ3n) is 0. The average molecular weight is 469 g/mol. The molecule has 0 aliphatic heterocycles. The molecule has 0 aliphatic rings. The van der Waals surface area contributed by atoms with Crippen molar-refractivity contribution in [2.24, 2.45) is 0 Å². The van der Waals surface area contributed by atoms with Crippen LogP contribution in [0.1, 0.15) is 27.7 Å². The van der Waals surface area contributed by atoms with Gasteiger partial charge in [0, 0.05) is 42.1 Å². The smallest absolute Gasteiger partial charge is 0 e. The fourth-order valence-corrected chi connectivity index (χ4v) is 0. The zero-order valence-corrected chi connectivity index (χ0v) is 12.9. The van der Waals surface area contributed by atoms with Gasteiger partial charge in [0.25, 0.3) is 0 Å². The van der Waals surface area contributed by atoms with Gasteiger partial charge in [0.15, 0.2) is 0 Å². The van der Waals surface area contributed by atoms with Crippen LogP contribution in [0.2, 0.25) is 0 Å². The van der Waals surface area contributed by atoms with Crippen molar-refractivity contribution in [2.75, 3.05) is 0 Å². The van der Waals surface area contributed by atoms with E-state index in [1.54, 1.807) is 6.92 Å². The second kappa shape index (κ2) is 34.3. The molecule has 60 valence electrons. The van der Waals surface area contributed by atoms with Crippen molar-refractivity contribution >= 4 is 0 Å². The van der Waals surface area contributed by atoms with Crippen LogP contribution < -0.4 is 0 Å². The van der Waals surface area contributed by atoms with E-state index < -0.39 is 0 Å². The van der Waals surface area contributed by atoms with Gasteiger partial charge in [-0.15, -0.1) is 0 Å². The molecule has 0 aliphatic carbocycles. The minimum Gasteiger partial charge on any atom is -0.358 e. The molecule has 0 unspecified atom stereocenters. The number of rotatable bonds is 0. The Morgan fingerprint density at radius 2 is 0.889 bits per heavy atom. The summed E-state index contributed by atoms with van der Waals surface area (Å²) in [7, 11) is 0. The Bertz CT molecular complexity index is 11.6. The van der Waals surface area contributed by atoms with Crippen LogP contribution in [0.3, 0.4) is 0 Å². The van der Waals surface area contributed by atoms with Gasteiger partial charge in [-0.25, -0.2) is 0 Å².